The van der Waals surface area contributed by atoms with Gasteiger partial charge in [-0.3, -0.25) is 4.79 Å². The number of hydrogen-bond acceptors (Lipinski definition) is 2. The third-order valence-electron chi connectivity index (χ3n) is 7.40. The highest BCUT2D eigenvalue weighted by atomic mass is 16.5. The van der Waals surface area contributed by atoms with Gasteiger partial charge in [0.05, 0.1) is 7.11 Å². The van der Waals surface area contributed by atoms with Gasteiger partial charge in [0, 0.05) is 16.4 Å². The third kappa shape index (κ3) is 4.31. The molecule has 0 heterocycles. The standard InChI is InChI=1S/C23H40O2/c1-17(18(24)22(6)13-9-20(2,3)10-14-22)19(25-8)23(7)15-11-21(4,5)12-16-23/h9-16H2,1-8H3/b19-17-. The van der Waals surface area contributed by atoms with E-state index in [2.05, 4.69) is 41.5 Å². The van der Waals surface area contributed by atoms with Crippen LogP contribution in [0.4, 0.5) is 0 Å². The number of Topliss-reactive ketones (excluding diaryl/α,β-unsaturated/α-hetero) is 1. The Hall–Kier alpha value is -0.790. The summed E-state index contributed by atoms with van der Waals surface area (Å²) in [6.07, 6.45) is 8.88. The molecule has 0 aromatic rings. The van der Waals surface area contributed by atoms with E-state index in [0.29, 0.717) is 16.6 Å². The van der Waals surface area contributed by atoms with E-state index in [1.165, 1.54) is 12.8 Å². The van der Waals surface area contributed by atoms with Crippen molar-refractivity contribution in [1.82, 2.24) is 0 Å². The number of methoxy groups -OCH3 is 1. The Morgan fingerprint density at radius 2 is 1.04 bits per heavy atom. The van der Waals surface area contributed by atoms with Crippen LogP contribution in [0.3, 0.4) is 0 Å². The molecule has 2 nitrogen and oxygen atoms in total. The second-order valence-corrected chi connectivity index (χ2v) is 10.9. The summed E-state index contributed by atoms with van der Waals surface area (Å²) in [5.41, 5.74) is 1.47. The van der Waals surface area contributed by atoms with Crippen molar-refractivity contribution in [2.45, 2.75) is 99.8 Å². The van der Waals surface area contributed by atoms with Crippen molar-refractivity contribution in [2.24, 2.45) is 21.7 Å². The Kier molecular flexibility index (Phi) is 5.53. The summed E-state index contributed by atoms with van der Waals surface area (Å²) in [6, 6.07) is 0. The quantitative estimate of drug-likeness (QED) is 0.418. The molecule has 2 rings (SSSR count). The Morgan fingerprint density at radius 3 is 1.40 bits per heavy atom. The molecule has 0 bridgehead atoms. The summed E-state index contributed by atoms with van der Waals surface area (Å²) in [4.78, 5) is 13.4. The van der Waals surface area contributed by atoms with Gasteiger partial charge in [0.25, 0.3) is 0 Å². The maximum absolute atomic E-state index is 13.4. The molecule has 25 heavy (non-hydrogen) atoms. The molecule has 2 saturated carbocycles. The summed E-state index contributed by atoms with van der Waals surface area (Å²) in [6.45, 7) is 15.8. The lowest BCUT2D eigenvalue weighted by Gasteiger charge is -2.44. The monoisotopic (exact) mass is 348 g/mol. The molecule has 2 aliphatic rings. The smallest absolute Gasteiger partial charge is 0.167 e. The summed E-state index contributed by atoms with van der Waals surface area (Å²) in [7, 11) is 1.75. The number of carbonyl (C=O) groups excluding carboxylic acids is 1. The molecule has 0 atom stereocenters. The lowest BCUT2D eigenvalue weighted by atomic mass is 9.61. The van der Waals surface area contributed by atoms with Gasteiger partial charge in [-0.05, 0) is 69.1 Å². The van der Waals surface area contributed by atoms with Crippen LogP contribution in [-0.4, -0.2) is 12.9 Å². The molecule has 2 aliphatic carbocycles. The minimum absolute atomic E-state index is 0.00824. The molecular weight excluding hydrogens is 308 g/mol. The Labute approximate surface area is 155 Å². The SMILES string of the molecule is CO/C(=C(/C)C(=O)C1(C)CCC(C)(C)CC1)C1(C)CCC(C)(C)CC1. The first-order chi connectivity index (χ1) is 11.3. The zero-order chi connectivity index (χ0) is 19.1. The molecular formula is C23H40O2. The maximum atomic E-state index is 13.4. The van der Waals surface area contributed by atoms with Gasteiger partial charge in [0.15, 0.2) is 5.78 Å². The fraction of sp³-hybridized carbons (Fsp3) is 0.870. The molecule has 0 aromatic heterocycles. The molecule has 0 amide bonds. The number of ether oxygens (including phenoxy) is 1. The van der Waals surface area contributed by atoms with Crippen LogP contribution < -0.4 is 0 Å². The van der Waals surface area contributed by atoms with Crippen LogP contribution in [0.5, 0.6) is 0 Å². The van der Waals surface area contributed by atoms with E-state index >= 15 is 0 Å². The van der Waals surface area contributed by atoms with Crippen molar-refractivity contribution < 1.29 is 9.53 Å². The molecule has 0 N–H and O–H groups in total. The number of carbonyl (C=O) groups is 1. The van der Waals surface area contributed by atoms with Gasteiger partial charge in [-0.15, -0.1) is 0 Å². The summed E-state index contributed by atoms with van der Waals surface area (Å²) < 4.78 is 5.88. The van der Waals surface area contributed by atoms with E-state index in [4.69, 9.17) is 4.74 Å². The number of ketones is 1. The average Bonchev–Trinajstić information content (AvgIpc) is 2.54. The van der Waals surface area contributed by atoms with Crippen LogP contribution in [0.1, 0.15) is 99.8 Å². The Bertz CT molecular complexity index is 530. The molecule has 2 heteroatoms. The topological polar surface area (TPSA) is 26.3 Å². The maximum Gasteiger partial charge on any atom is 0.167 e. The first kappa shape index (κ1) is 20.5. The number of rotatable bonds is 4. The molecule has 0 saturated heterocycles. The third-order valence-corrected chi connectivity index (χ3v) is 7.40. The van der Waals surface area contributed by atoms with Crippen LogP contribution in [0, 0.1) is 21.7 Å². The fourth-order valence-electron chi connectivity index (χ4n) is 4.82. The fourth-order valence-corrected chi connectivity index (χ4v) is 4.82. The lowest BCUT2D eigenvalue weighted by Crippen LogP contribution is -2.38. The normalized spacial score (nSPS) is 28.0. The molecule has 0 unspecified atom stereocenters. The zero-order valence-electron chi connectivity index (χ0n) is 18.0. The van der Waals surface area contributed by atoms with Crippen LogP contribution in [0.2, 0.25) is 0 Å². The van der Waals surface area contributed by atoms with Gasteiger partial charge >= 0.3 is 0 Å². The Balaban J connectivity index is 2.25. The summed E-state index contributed by atoms with van der Waals surface area (Å²) >= 11 is 0. The summed E-state index contributed by atoms with van der Waals surface area (Å²) in [5, 5.41) is 0. The highest BCUT2D eigenvalue weighted by Crippen LogP contribution is 2.51. The van der Waals surface area contributed by atoms with Gasteiger partial charge < -0.3 is 4.74 Å². The second-order valence-electron chi connectivity index (χ2n) is 10.9. The van der Waals surface area contributed by atoms with E-state index < -0.39 is 0 Å². The second kappa shape index (κ2) is 6.74. The molecule has 0 spiro atoms. The highest BCUT2D eigenvalue weighted by Gasteiger charge is 2.44. The van der Waals surface area contributed by atoms with Crippen LogP contribution in [-0.2, 0) is 9.53 Å². The van der Waals surface area contributed by atoms with E-state index in [9.17, 15) is 4.79 Å². The van der Waals surface area contributed by atoms with E-state index in [1.54, 1.807) is 7.11 Å². The van der Waals surface area contributed by atoms with Crippen molar-refractivity contribution in [3.05, 3.63) is 11.3 Å². The number of allylic oxidation sites excluding steroid dienone is 2. The molecule has 2 fully saturated rings. The molecule has 0 aromatic carbocycles. The highest BCUT2D eigenvalue weighted by molar-refractivity contribution is 5.99. The first-order valence-electron chi connectivity index (χ1n) is 10.1. The largest absolute Gasteiger partial charge is 0.500 e. The predicted octanol–water partition coefficient (Wildman–Crippen LogP) is 6.69. The zero-order valence-corrected chi connectivity index (χ0v) is 18.0. The first-order valence-corrected chi connectivity index (χ1v) is 10.1. The van der Waals surface area contributed by atoms with Crippen LogP contribution in [0.25, 0.3) is 0 Å². The molecule has 0 radical (unpaired) electrons. The molecule has 0 aliphatic heterocycles. The summed E-state index contributed by atoms with van der Waals surface area (Å²) in [5.74, 6) is 1.28. The van der Waals surface area contributed by atoms with E-state index in [-0.39, 0.29) is 10.8 Å². The Morgan fingerprint density at radius 1 is 0.680 bits per heavy atom. The van der Waals surface area contributed by atoms with Gasteiger partial charge in [-0.2, -0.15) is 0 Å². The van der Waals surface area contributed by atoms with Gasteiger partial charge in [-0.1, -0.05) is 41.5 Å². The lowest BCUT2D eigenvalue weighted by molar-refractivity contribution is -0.127. The van der Waals surface area contributed by atoms with Gasteiger partial charge in [-0.25, -0.2) is 0 Å². The molecule has 144 valence electrons. The van der Waals surface area contributed by atoms with Crippen LogP contribution >= 0.6 is 0 Å². The van der Waals surface area contributed by atoms with Crippen LogP contribution in [0.15, 0.2) is 11.3 Å². The average molecular weight is 349 g/mol. The van der Waals surface area contributed by atoms with Crippen molar-refractivity contribution in [3.63, 3.8) is 0 Å². The van der Waals surface area contributed by atoms with Crippen molar-refractivity contribution in [1.29, 1.82) is 0 Å². The van der Waals surface area contributed by atoms with Crippen molar-refractivity contribution in [2.75, 3.05) is 7.11 Å². The van der Waals surface area contributed by atoms with Crippen molar-refractivity contribution >= 4 is 5.78 Å². The van der Waals surface area contributed by atoms with Crippen molar-refractivity contribution in [3.8, 4) is 0 Å². The predicted molar refractivity (Wildman–Crippen MR) is 105 cm³/mol. The number of hydrogen-bond donors (Lipinski definition) is 0. The van der Waals surface area contributed by atoms with E-state index in [1.807, 2.05) is 6.92 Å². The van der Waals surface area contributed by atoms with Gasteiger partial charge in [0.1, 0.15) is 5.76 Å². The van der Waals surface area contributed by atoms with E-state index in [0.717, 1.165) is 49.9 Å². The van der Waals surface area contributed by atoms with Gasteiger partial charge in [0.2, 0.25) is 0 Å². The minimum atomic E-state index is -0.215. The minimum Gasteiger partial charge on any atom is -0.500 e.